The third-order valence-electron chi connectivity index (χ3n) is 3.91. The van der Waals surface area contributed by atoms with Crippen LogP contribution in [0.5, 0.6) is 0 Å². The molecular weight excluding hydrogens is 306 g/mol. The minimum absolute atomic E-state index is 0.0262. The van der Waals surface area contributed by atoms with Gasteiger partial charge in [0.05, 0.1) is 11.7 Å². The van der Waals surface area contributed by atoms with Crippen molar-refractivity contribution in [3.63, 3.8) is 0 Å². The summed E-state index contributed by atoms with van der Waals surface area (Å²) in [7, 11) is 1.80. The van der Waals surface area contributed by atoms with Crippen molar-refractivity contribution >= 4 is 6.03 Å². The summed E-state index contributed by atoms with van der Waals surface area (Å²) in [4.78, 5) is 17.8. The lowest BCUT2D eigenvalue weighted by Gasteiger charge is -2.25. The standard InChI is InChI=1S/C17H25N5O2/c1-4-24-11-5-10-19-17(23)21(3)14(2)15-6-8-16(9-7-15)22-13-18-12-20-22/h6-9,12-14H,4-5,10-11H2,1-3H3,(H,19,23). The van der Waals surface area contributed by atoms with E-state index in [-0.39, 0.29) is 12.1 Å². The number of benzene rings is 1. The Bertz CT molecular complexity index is 612. The van der Waals surface area contributed by atoms with Gasteiger partial charge in [-0.2, -0.15) is 5.10 Å². The molecule has 24 heavy (non-hydrogen) atoms. The Kier molecular flexibility index (Phi) is 6.74. The maximum absolute atomic E-state index is 12.2. The molecular formula is C17H25N5O2. The summed E-state index contributed by atoms with van der Waals surface area (Å²) in [6.45, 7) is 5.95. The van der Waals surface area contributed by atoms with Crippen LogP contribution in [0, 0.1) is 0 Å². The molecule has 130 valence electrons. The number of hydrogen-bond acceptors (Lipinski definition) is 4. The molecule has 0 aliphatic rings. The summed E-state index contributed by atoms with van der Waals surface area (Å²) in [6, 6.07) is 7.82. The van der Waals surface area contributed by atoms with E-state index in [4.69, 9.17) is 4.74 Å². The van der Waals surface area contributed by atoms with E-state index in [1.807, 2.05) is 38.1 Å². The van der Waals surface area contributed by atoms with Crippen LogP contribution >= 0.6 is 0 Å². The van der Waals surface area contributed by atoms with Crippen molar-refractivity contribution in [1.29, 1.82) is 0 Å². The highest BCUT2D eigenvalue weighted by molar-refractivity contribution is 5.74. The molecule has 1 unspecified atom stereocenters. The molecule has 0 fully saturated rings. The number of nitrogens with zero attached hydrogens (tertiary/aromatic N) is 4. The van der Waals surface area contributed by atoms with Gasteiger partial charge >= 0.3 is 6.03 Å². The van der Waals surface area contributed by atoms with Gasteiger partial charge in [-0.1, -0.05) is 12.1 Å². The summed E-state index contributed by atoms with van der Waals surface area (Å²) in [5.74, 6) is 0. The summed E-state index contributed by atoms with van der Waals surface area (Å²) >= 11 is 0. The van der Waals surface area contributed by atoms with Gasteiger partial charge in [0.25, 0.3) is 0 Å². The first-order chi connectivity index (χ1) is 11.6. The zero-order chi connectivity index (χ0) is 17.4. The number of ether oxygens (including phenoxy) is 1. The lowest BCUT2D eigenvalue weighted by molar-refractivity contribution is 0.143. The first kappa shape index (κ1) is 17.9. The Balaban J connectivity index is 1.87. The van der Waals surface area contributed by atoms with E-state index in [1.165, 1.54) is 6.33 Å². The topological polar surface area (TPSA) is 72.3 Å². The van der Waals surface area contributed by atoms with Crippen LogP contribution in [-0.4, -0.2) is 52.5 Å². The van der Waals surface area contributed by atoms with Gasteiger partial charge in [-0.15, -0.1) is 0 Å². The molecule has 0 aliphatic carbocycles. The van der Waals surface area contributed by atoms with Gasteiger partial charge in [-0.3, -0.25) is 0 Å². The maximum atomic E-state index is 12.2. The predicted octanol–water partition coefficient (Wildman–Crippen LogP) is 2.40. The van der Waals surface area contributed by atoms with Crippen LogP contribution in [-0.2, 0) is 4.74 Å². The predicted molar refractivity (Wildman–Crippen MR) is 92.0 cm³/mol. The second-order valence-corrected chi connectivity index (χ2v) is 5.50. The van der Waals surface area contributed by atoms with Crippen LogP contribution in [0.3, 0.4) is 0 Å². The Labute approximate surface area is 142 Å². The minimum atomic E-state index is -0.0839. The lowest BCUT2D eigenvalue weighted by atomic mass is 10.1. The summed E-state index contributed by atoms with van der Waals surface area (Å²) < 4.78 is 6.96. The van der Waals surface area contributed by atoms with E-state index in [0.717, 1.165) is 17.7 Å². The fourth-order valence-corrected chi connectivity index (χ4v) is 2.29. The monoisotopic (exact) mass is 331 g/mol. The highest BCUT2D eigenvalue weighted by atomic mass is 16.5. The van der Waals surface area contributed by atoms with E-state index < -0.39 is 0 Å². The van der Waals surface area contributed by atoms with Crippen LogP contribution in [0.4, 0.5) is 4.79 Å². The molecule has 2 aromatic rings. The molecule has 2 rings (SSSR count). The number of carbonyl (C=O) groups excluding carboxylic acids is 1. The number of hydrogen-bond donors (Lipinski definition) is 1. The van der Waals surface area contributed by atoms with E-state index in [1.54, 1.807) is 23.0 Å². The Morgan fingerprint density at radius 2 is 2.12 bits per heavy atom. The molecule has 0 radical (unpaired) electrons. The molecule has 0 aliphatic heterocycles. The Hall–Kier alpha value is -2.41. The van der Waals surface area contributed by atoms with Crippen molar-refractivity contribution < 1.29 is 9.53 Å². The SMILES string of the molecule is CCOCCCNC(=O)N(C)C(C)c1ccc(-n2cncn2)cc1. The molecule has 1 heterocycles. The van der Waals surface area contributed by atoms with Crippen molar-refractivity contribution in [2.24, 2.45) is 0 Å². The molecule has 0 bridgehead atoms. The fourth-order valence-electron chi connectivity index (χ4n) is 2.29. The minimum Gasteiger partial charge on any atom is -0.382 e. The second kappa shape index (κ2) is 9.02. The van der Waals surface area contributed by atoms with Gasteiger partial charge in [0.15, 0.2) is 0 Å². The lowest BCUT2D eigenvalue weighted by Crippen LogP contribution is -2.39. The fraction of sp³-hybridized carbons (Fsp3) is 0.471. The van der Waals surface area contributed by atoms with Gasteiger partial charge in [0, 0.05) is 26.8 Å². The molecule has 1 N–H and O–H groups in total. The zero-order valence-electron chi connectivity index (χ0n) is 14.5. The number of carbonyl (C=O) groups is 1. The van der Waals surface area contributed by atoms with Crippen molar-refractivity contribution in [2.75, 3.05) is 26.8 Å². The molecule has 0 saturated carbocycles. The van der Waals surface area contributed by atoms with Crippen LogP contribution in [0.2, 0.25) is 0 Å². The maximum Gasteiger partial charge on any atom is 0.317 e. The number of amides is 2. The summed E-state index contributed by atoms with van der Waals surface area (Å²) in [6.07, 6.45) is 3.97. The average molecular weight is 331 g/mol. The van der Waals surface area contributed by atoms with Gasteiger partial charge < -0.3 is 15.0 Å². The van der Waals surface area contributed by atoms with Crippen LogP contribution < -0.4 is 5.32 Å². The molecule has 1 aromatic carbocycles. The molecule has 0 spiro atoms. The molecule has 7 nitrogen and oxygen atoms in total. The summed E-state index contributed by atoms with van der Waals surface area (Å²) in [5, 5.41) is 7.01. The highest BCUT2D eigenvalue weighted by Gasteiger charge is 2.17. The van der Waals surface area contributed by atoms with Crippen LogP contribution in [0.15, 0.2) is 36.9 Å². The third-order valence-corrected chi connectivity index (χ3v) is 3.91. The highest BCUT2D eigenvalue weighted by Crippen LogP contribution is 2.20. The zero-order valence-corrected chi connectivity index (χ0v) is 14.5. The van der Waals surface area contributed by atoms with E-state index in [0.29, 0.717) is 19.8 Å². The van der Waals surface area contributed by atoms with Crippen LogP contribution in [0.25, 0.3) is 5.69 Å². The number of urea groups is 1. The van der Waals surface area contributed by atoms with Crippen molar-refractivity contribution in [1.82, 2.24) is 25.0 Å². The number of rotatable bonds is 8. The molecule has 0 saturated heterocycles. The Morgan fingerprint density at radius 1 is 1.38 bits per heavy atom. The first-order valence-electron chi connectivity index (χ1n) is 8.16. The van der Waals surface area contributed by atoms with E-state index >= 15 is 0 Å². The second-order valence-electron chi connectivity index (χ2n) is 5.50. The molecule has 2 amide bonds. The molecule has 1 atom stereocenters. The summed E-state index contributed by atoms with van der Waals surface area (Å²) in [5.41, 5.74) is 2.00. The third kappa shape index (κ3) is 4.79. The molecule has 7 heteroatoms. The van der Waals surface area contributed by atoms with Gasteiger partial charge in [0.1, 0.15) is 12.7 Å². The average Bonchev–Trinajstić information content (AvgIpc) is 3.15. The normalized spacial score (nSPS) is 12.0. The van der Waals surface area contributed by atoms with Crippen LogP contribution in [0.1, 0.15) is 31.9 Å². The van der Waals surface area contributed by atoms with E-state index in [2.05, 4.69) is 15.4 Å². The van der Waals surface area contributed by atoms with Crippen molar-refractivity contribution in [3.05, 3.63) is 42.5 Å². The van der Waals surface area contributed by atoms with Crippen molar-refractivity contribution in [3.8, 4) is 5.69 Å². The quantitative estimate of drug-likeness (QED) is 0.754. The van der Waals surface area contributed by atoms with Gasteiger partial charge in [-0.05, 0) is 38.0 Å². The molecule has 1 aromatic heterocycles. The smallest absolute Gasteiger partial charge is 0.317 e. The number of aromatic nitrogens is 3. The van der Waals surface area contributed by atoms with Gasteiger partial charge in [0.2, 0.25) is 0 Å². The number of nitrogens with one attached hydrogen (secondary N) is 1. The Morgan fingerprint density at radius 3 is 2.75 bits per heavy atom. The first-order valence-corrected chi connectivity index (χ1v) is 8.16. The van der Waals surface area contributed by atoms with E-state index in [9.17, 15) is 4.79 Å². The van der Waals surface area contributed by atoms with Gasteiger partial charge in [-0.25, -0.2) is 14.5 Å². The van der Waals surface area contributed by atoms with Crippen molar-refractivity contribution in [2.45, 2.75) is 26.3 Å². The largest absolute Gasteiger partial charge is 0.382 e.